The second-order valence-electron chi connectivity index (χ2n) is 7.14. The number of hydrogen-bond donors (Lipinski definition) is 0. The van der Waals surface area contributed by atoms with Crippen molar-refractivity contribution in [2.75, 3.05) is 0 Å². The van der Waals surface area contributed by atoms with Gasteiger partial charge in [-0.05, 0) is 57.7 Å². The van der Waals surface area contributed by atoms with E-state index in [0.717, 1.165) is 29.0 Å². The Morgan fingerprint density at radius 1 is 1.00 bits per heavy atom. The fourth-order valence-corrected chi connectivity index (χ4v) is 2.84. The SMILES string of the molecule is C=C(C)c1ccc(C(C)=NC(CCCCCCCC)=C(C)C)cc1F. The highest BCUT2D eigenvalue weighted by molar-refractivity contribution is 5.99. The topological polar surface area (TPSA) is 12.4 Å². The molecule has 2 heteroatoms. The van der Waals surface area contributed by atoms with E-state index in [2.05, 4.69) is 27.4 Å². The van der Waals surface area contributed by atoms with Crippen molar-refractivity contribution < 1.29 is 4.39 Å². The van der Waals surface area contributed by atoms with Gasteiger partial charge in [-0.1, -0.05) is 63.3 Å². The molecule has 25 heavy (non-hydrogen) atoms. The average Bonchev–Trinajstić information content (AvgIpc) is 2.56. The number of hydrogen-bond acceptors (Lipinski definition) is 1. The number of allylic oxidation sites excluding steroid dienone is 3. The van der Waals surface area contributed by atoms with Crippen molar-refractivity contribution in [1.82, 2.24) is 0 Å². The molecule has 0 aliphatic carbocycles. The van der Waals surface area contributed by atoms with Crippen LogP contribution in [0, 0.1) is 5.82 Å². The predicted octanol–water partition coefficient (Wildman–Crippen LogP) is 7.71. The Labute approximate surface area is 153 Å². The molecule has 0 atom stereocenters. The first-order valence-electron chi connectivity index (χ1n) is 9.54. The fourth-order valence-electron chi connectivity index (χ4n) is 2.84. The first-order valence-corrected chi connectivity index (χ1v) is 9.54. The number of rotatable bonds is 10. The van der Waals surface area contributed by atoms with Crippen LogP contribution in [0.3, 0.4) is 0 Å². The molecule has 0 aliphatic heterocycles. The molecular weight excluding hydrogens is 309 g/mol. The van der Waals surface area contributed by atoms with Gasteiger partial charge in [-0.25, -0.2) is 4.39 Å². The summed E-state index contributed by atoms with van der Waals surface area (Å²) in [4.78, 5) is 4.80. The van der Waals surface area contributed by atoms with E-state index >= 15 is 0 Å². The summed E-state index contributed by atoms with van der Waals surface area (Å²) in [6, 6.07) is 5.29. The van der Waals surface area contributed by atoms with Crippen LogP contribution < -0.4 is 0 Å². The molecule has 0 saturated heterocycles. The summed E-state index contributed by atoms with van der Waals surface area (Å²) in [6.45, 7) is 14.0. The summed E-state index contributed by atoms with van der Waals surface area (Å²) in [7, 11) is 0. The largest absolute Gasteiger partial charge is 0.258 e. The first-order chi connectivity index (χ1) is 11.9. The third-order valence-electron chi connectivity index (χ3n) is 4.49. The summed E-state index contributed by atoms with van der Waals surface area (Å²) in [5, 5.41) is 0. The van der Waals surface area contributed by atoms with E-state index in [0.29, 0.717) is 5.56 Å². The van der Waals surface area contributed by atoms with Gasteiger partial charge in [-0.2, -0.15) is 0 Å². The molecular formula is C23H34FN. The molecule has 0 amide bonds. The van der Waals surface area contributed by atoms with Gasteiger partial charge in [-0.3, -0.25) is 4.99 Å². The normalized spacial score (nSPS) is 11.5. The molecule has 0 radical (unpaired) electrons. The maximum atomic E-state index is 14.2. The van der Waals surface area contributed by atoms with Gasteiger partial charge in [0.2, 0.25) is 0 Å². The van der Waals surface area contributed by atoms with Crippen LogP contribution in [-0.4, -0.2) is 5.71 Å². The lowest BCUT2D eigenvalue weighted by atomic mass is 10.0. The molecule has 0 unspecified atom stereocenters. The van der Waals surface area contributed by atoms with Gasteiger partial charge in [0.25, 0.3) is 0 Å². The third kappa shape index (κ3) is 7.37. The summed E-state index contributed by atoms with van der Waals surface area (Å²) >= 11 is 0. The molecule has 138 valence electrons. The lowest BCUT2D eigenvalue weighted by Gasteiger charge is -2.09. The van der Waals surface area contributed by atoms with Gasteiger partial charge >= 0.3 is 0 Å². The van der Waals surface area contributed by atoms with Crippen molar-refractivity contribution in [3.05, 3.63) is 53.0 Å². The number of halogens is 1. The average molecular weight is 344 g/mol. The van der Waals surface area contributed by atoms with Crippen LogP contribution in [0.15, 0.2) is 41.0 Å². The van der Waals surface area contributed by atoms with Crippen LogP contribution >= 0.6 is 0 Å². The van der Waals surface area contributed by atoms with E-state index in [1.165, 1.54) is 44.1 Å². The van der Waals surface area contributed by atoms with E-state index < -0.39 is 0 Å². The van der Waals surface area contributed by atoms with Crippen LogP contribution in [-0.2, 0) is 0 Å². The Hall–Kier alpha value is -1.70. The highest BCUT2D eigenvalue weighted by Crippen LogP contribution is 2.20. The third-order valence-corrected chi connectivity index (χ3v) is 4.49. The molecule has 0 saturated carbocycles. The number of unbranched alkanes of at least 4 members (excludes halogenated alkanes) is 5. The minimum absolute atomic E-state index is 0.228. The molecule has 0 N–H and O–H groups in total. The van der Waals surface area contributed by atoms with Gasteiger partial charge < -0.3 is 0 Å². The summed E-state index contributed by atoms with van der Waals surface area (Å²) in [5.74, 6) is -0.228. The first kappa shape index (κ1) is 21.3. The monoisotopic (exact) mass is 343 g/mol. The number of benzene rings is 1. The Morgan fingerprint density at radius 3 is 2.20 bits per heavy atom. The molecule has 0 aliphatic rings. The fraction of sp³-hybridized carbons (Fsp3) is 0.522. The number of aliphatic imine (C=N–C) groups is 1. The van der Waals surface area contributed by atoms with E-state index in [-0.39, 0.29) is 5.82 Å². The molecule has 1 aromatic carbocycles. The Morgan fingerprint density at radius 2 is 1.64 bits per heavy atom. The number of nitrogens with zero attached hydrogens (tertiary/aromatic N) is 1. The quantitative estimate of drug-likeness (QED) is 0.305. The summed E-state index contributed by atoms with van der Waals surface area (Å²) < 4.78 is 14.2. The molecule has 0 spiro atoms. The zero-order valence-electron chi connectivity index (χ0n) is 16.7. The molecule has 1 aromatic rings. The highest BCUT2D eigenvalue weighted by atomic mass is 19.1. The molecule has 0 heterocycles. The van der Waals surface area contributed by atoms with Crippen LogP contribution in [0.2, 0.25) is 0 Å². The Bertz CT molecular complexity index is 633. The predicted molar refractivity (Wildman–Crippen MR) is 110 cm³/mol. The van der Waals surface area contributed by atoms with E-state index in [4.69, 9.17) is 4.99 Å². The Kier molecular flexibility index (Phi) is 9.41. The highest BCUT2D eigenvalue weighted by Gasteiger charge is 2.07. The zero-order valence-corrected chi connectivity index (χ0v) is 16.7. The molecule has 1 nitrogen and oxygen atoms in total. The molecule has 0 aromatic heterocycles. The summed E-state index contributed by atoms with van der Waals surface area (Å²) in [5.41, 5.74) is 5.40. The molecule has 0 bridgehead atoms. The van der Waals surface area contributed by atoms with Crippen molar-refractivity contribution in [3.63, 3.8) is 0 Å². The van der Waals surface area contributed by atoms with E-state index in [9.17, 15) is 4.39 Å². The van der Waals surface area contributed by atoms with Crippen LogP contribution in [0.25, 0.3) is 5.57 Å². The van der Waals surface area contributed by atoms with Gasteiger partial charge in [0.15, 0.2) is 0 Å². The minimum Gasteiger partial charge on any atom is -0.258 e. The van der Waals surface area contributed by atoms with Crippen molar-refractivity contribution in [2.45, 2.75) is 79.6 Å². The molecule has 1 rings (SSSR count). The van der Waals surface area contributed by atoms with Crippen molar-refractivity contribution in [3.8, 4) is 0 Å². The standard InChI is InChI=1S/C23H34FN/c1-7-8-9-10-11-12-13-23(18(4)5)25-19(6)20-14-15-21(17(2)3)22(24)16-20/h14-16H,2,7-13H2,1,3-6H3. The molecule has 0 fully saturated rings. The lowest BCUT2D eigenvalue weighted by Crippen LogP contribution is -1.99. The second kappa shape index (κ2) is 11.0. The smallest absolute Gasteiger partial charge is 0.131 e. The van der Waals surface area contributed by atoms with Gasteiger partial charge in [-0.15, -0.1) is 0 Å². The minimum atomic E-state index is -0.228. The zero-order chi connectivity index (χ0) is 18.8. The van der Waals surface area contributed by atoms with Crippen molar-refractivity contribution >= 4 is 11.3 Å². The van der Waals surface area contributed by atoms with Crippen molar-refractivity contribution in [1.29, 1.82) is 0 Å². The van der Waals surface area contributed by atoms with Crippen molar-refractivity contribution in [2.24, 2.45) is 4.99 Å². The summed E-state index contributed by atoms with van der Waals surface area (Å²) in [6.07, 6.45) is 8.68. The maximum Gasteiger partial charge on any atom is 0.131 e. The van der Waals surface area contributed by atoms with Crippen LogP contribution in [0.5, 0.6) is 0 Å². The van der Waals surface area contributed by atoms with Crippen LogP contribution in [0.1, 0.15) is 90.7 Å². The lowest BCUT2D eigenvalue weighted by molar-refractivity contribution is 0.604. The second-order valence-corrected chi connectivity index (χ2v) is 7.14. The van der Waals surface area contributed by atoms with Gasteiger partial charge in [0.05, 0.1) is 0 Å². The van der Waals surface area contributed by atoms with Gasteiger partial charge in [0, 0.05) is 17.0 Å². The van der Waals surface area contributed by atoms with Gasteiger partial charge in [0.1, 0.15) is 5.82 Å². The van der Waals surface area contributed by atoms with E-state index in [1.54, 1.807) is 12.1 Å². The van der Waals surface area contributed by atoms with Crippen LogP contribution in [0.4, 0.5) is 4.39 Å². The van der Waals surface area contributed by atoms with E-state index in [1.807, 2.05) is 19.9 Å². The maximum absolute atomic E-state index is 14.2. The Balaban J connectivity index is 2.77.